The summed E-state index contributed by atoms with van der Waals surface area (Å²) < 4.78 is 13.5. The molecular formula is C12H10FN5O3. The summed E-state index contributed by atoms with van der Waals surface area (Å²) >= 11 is 0. The predicted molar refractivity (Wildman–Crippen MR) is 72.6 cm³/mol. The van der Waals surface area contributed by atoms with E-state index in [1.165, 1.54) is 12.4 Å². The van der Waals surface area contributed by atoms with Crippen molar-refractivity contribution in [2.45, 2.75) is 0 Å². The van der Waals surface area contributed by atoms with Crippen LogP contribution < -0.4 is 10.6 Å². The van der Waals surface area contributed by atoms with Crippen LogP contribution in [-0.2, 0) is 0 Å². The second-order valence-electron chi connectivity index (χ2n) is 3.91. The largest absolute Gasteiger partial charge is 0.372 e. The van der Waals surface area contributed by atoms with Crippen molar-refractivity contribution in [2.24, 2.45) is 0 Å². The second-order valence-corrected chi connectivity index (χ2v) is 3.91. The molecule has 1 aromatic carbocycles. The Morgan fingerprint density at radius 3 is 2.67 bits per heavy atom. The van der Waals surface area contributed by atoms with Crippen molar-refractivity contribution >= 4 is 23.1 Å². The van der Waals surface area contributed by atoms with Crippen LogP contribution in [0.3, 0.4) is 0 Å². The lowest BCUT2D eigenvalue weighted by Crippen LogP contribution is -2.15. The van der Waals surface area contributed by atoms with Gasteiger partial charge in [0.05, 0.1) is 23.0 Å². The van der Waals surface area contributed by atoms with Crippen LogP contribution in [0.25, 0.3) is 0 Å². The number of carbonyl (C=O) groups is 1. The third-order valence-electron chi connectivity index (χ3n) is 2.55. The predicted octanol–water partition coefficient (Wildman–Crippen LogP) is 1.82. The lowest BCUT2D eigenvalue weighted by Gasteiger charge is -2.06. The highest BCUT2D eigenvalue weighted by Crippen LogP contribution is 2.21. The molecule has 2 N–H and O–H groups in total. The van der Waals surface area contributed by atoms with Gasteiger partial charge in [0.2, 0.25) is 0 Å². The van der Waals surface area contributed by atoms with Gasteiger partial charge in [0.1, 0.15) is 17.3 Å². The smallest absolute Gasteiger partial charge is 0.275 e. The van der Waals surface area contributed by atoms with Crippen molar-refractivity contribution in [3.8, 4) is 0 Å². The molecule has 0 aliphatic rings. The van der Waals surface area contributed by atoms with Crippen LogP contribution in [0.4, 0.5) is 21.6 Å². The van der Waals surface area contributed by atoms with Gasteiger partial charge in [-0.3, -0.25) is 14.9 Å². The molecule has 108 valence electrons. The minimum absolute atomic E-state index is 0.0418. The summed E-state index contributed by atoms with van der Waals surface area (Å²) in [4.78, 5) is 29.6. The van der Waals surface area contributed by atoms with Crippen molar-refractivity contribution in [3.63, 3.8) is 0 Å². The van der Waals surface area contributed by atoms with Gasteiger partial charge in [-0.1, -0.05) is 0 Å². The monoisotopic (exact) mass is 291 g/mol. The number of non-ortho nitro benzene ring substituents is 1. The molecule has 0 saturated carbocycles. The van der Waals surface area contributed by atoms with E-state index in [1.807, 2.05) is 0 Å². The maximum Gasteiger partial charge on any atom is 0.275 e. The summed E-state index contributed by atoms with van der Waals surface area (Å²) in [6, 6.07) is 2.85. The number of nitrogens with zero attached hydrogens (tertiary/aromatic N) is 3. The number of nitro benzene ring substituents is 1. The van der Waals surface area contributed by atoms with Gasteiger partial charge in [0, 0.05) is 19.2 Å². The number of amides is 1. The van der Waals surface area contributed by atoms with Crippen molar-refractivity contribution < 1.29 is 14.1 Å². The third kappa shape index (κ3) is 3.26. The fourth-order valence-electron chi connectivity index (χ4n) is 1.48. The van der Waals surface area contributed by atoms with E-state index < -0.39 is 16.6 Å². The van der Waals surface area contributed by atoms with Crippen LogP contribution in [0.5, 0.6) is 0 Å². The van der Waals surface area contributed by atoms with Gasteiger partial charge >= 0.3 is 0 Å². The van der Waals surface area contributed by atoms with Crippen molar-refractivity contribution in [1.82, 2.24) is 9.97 Å². The number of aromatic nitrogens is 2. The maximum absolute atomic E-state index is 13.5. The zero-order valence-electron chi connectivity index (χ0n) is 10.8. The molecule has 0 bridgehead atoms. The van der Waals surface area contributed by atoms with Gasteiger partial charge in [-0.25, -0.2) is 14.4 Å². The summed E-state index contributed by atoms with van der Waals surface area (Å²) in [5.41, 5.74) is -0.670. The third-order valence-corrected chi connectivity index (χ3v) is 2.55. The molecule has 0 aliphatic carbocycles. The highest BCUT2D eigenvalue weighted by atomic mass is 19.1. The minimum Gasteiger partial charge on any atom is -0.372 e. The van der Waals surface area contributed by atoms with Crippen LogP contribution in [-0.4, -0.2) is 27.8 Å². The number of hydrogen-bond donors (Lipinski definition) is 2. The van der Waals surface area contributed by atoms with Gasteiger partial charge < -0.3 is 10.6 Å². The molecular weight excluding hydrogens is 281 g/mol. The van der Waals surface area contributed by atoms with E-state index in [1.54, 1.807) is 7.05 Å². The van der Waals surface area contributed by atoms with Gasteiger partial charge in [0.15, 0.2) is 0 Å². The number of nitrogens with one attached hydrogen (secondary N) is 2. The first-order valence-electron chi connectivity index (χ1n) is 5.76. The summed E-state index contributed by atoms with van der Waals surface area (Å²) in [6.45, 7) is 0. The molecule has 0 fully saturated rings. The molecule has 1 heterocycles. The van der Waals surface area contributed by atoms with Gasteiger partial charge in [-0.05, 0) is 6.07 Å². The van der Waals surface area contributed by atoms with Crippen LogP contribution in [0.2, 0.25) is 0 Å². The van der Waals surface area contributed by atoms with E-state index in [9.17, 15) is 19.3 Å². The first-order chi connectivity index (χ1) is 10.0. The lowest BCUT2D eigenvalue weighted by atomic mass is 10.2. The summed E-state index contributed by atoms with van der Waals surface area (Å²) in [5, 5.41) is 15.6. The molecule has 8 nitrogen and oxygen atoms in total. The second kappa shape index (κ2) is 5.90. The molecule has 1 amide bonds. The van der Waals surface area contributed by atoms with E-state index in [2.05, 4.69) is 20.6 Å². The number of benzene rings is 1. The Balaban J connectivity index is 2.22. The average Bonchev–Trinajstić information content (AvgIpc) is 2.49. The first-order valence-corrected chi connectivity index (χ1v) is 5.76. The Hall–Kier alpha value is -3.10. The molecule has 0 aliphatic heterocycles. The van der Waals surface area contributed by atoms with Gasteiger partial charge in [-0.2, -0.15) is 0 Å². The number of rotatable bonds is 4. The molecule has 0 atom stereocenters. The minimum atomic E-state index is -0.784. The molecule has 0 saturated heterocycles. The van der Waals surface area contributed by atoms with Gasteiger partial charge in [-0.15, -0.1) is 0 Å². The normalized spacial score (nSPS) is 10.0. The molecule has 1 aromatic heterocycles. The van der Waals surface area contributed by atoms with E-state index in [-0.39, 0.29) is 17.1 Å². The lowest BCUT2D eigenvalue weighted by molar-refractivity contribution is -0.384. The van der Waals surface area contributed by atoms with Crippen molar-refractivity contribution in [3.05, 3.63) is 52.2 Å². The Labute approximate surface area is 118 Å². The average molecular weight is 291 g/mol. The van der Waals surface area contributed by atoms with Crippen LogP contribution >= 0.6 is 0 Å². The highest BCUT2D eigenvalue weighted by molar-refractivity contribution is 6.02. The van der Waals surface area contributed by atoms with Crippen LogP contribution in [0.1, 0.15) is 10.5 Å². The quantitative estimate of drug-likeness (QED) is 0.656. The topological polar surface area (TPSA) is 110 Å². The van der Waals surface area contributed by atoms with Crippen molar-refractivity contribution in [2.75, 3.05) is 17.7 Å². The SMILES string of the molecule is CNc1cnc(C(=O)Nc2cc([N+](=O)[O-])ccc2F)cn1. The summed E-state index contributed by atoms with van der Waals surface area (Å²) in [6.07, 6.45) is 2.54. The highest BCUT2D eigenvalue weighted by Gasteiger charge is 2.15. The zero-order valence-corrected chi connectivity index (χ0v) is 10.8. The Morgan fingerprint density at radius 2 is 2.10 bits per heavy atom. The fraction of sp³-hybridized carbons (Fsp3) is 0.0833. The zero-order chi connectivity index (χ0) is 15.4. The van der Waals surface area contributed by atoms with E-state index >= 15 is 0 Å². The van der Waals surface area contributed by atoms with Crippen molar-refractivity contribution in [1.29, 1.82) is 0 Å². The molecule has 9 heteroatoms. The first kappa shape index (κ1) is 14.3. The van der Waals surface area contributed by atoms with Crippen LogP contribution in [0, 0.1) is 15.9 Å². The Morgan fingerprint density at radius 1 is 1.33 bits per heavy atom. The number of anilines is 2. The molecule has 0 radical (unpaired) electrons. The molecule has 0 unspecified atom stereocenters. The molecule has 0 spiro atoms. The number of carbonyl (C=O) groups excluding carboxylic acids is 1. The Kier molecular flexibility index (Phi) is 4.02. The molecule has 2 aromatic rings. The summed E-state index contributed by atoms with van der Waals surface area (Å²) in [5.74, 6) is -1.04. The van der Waals surface area contributed by atoms with E-state index in [4.69, 9.17) is 0 Å². The fourth-order valence-corrected chi connectivity index (χ4v) is 1.48. The molecule has 21 heavy (non-hydrogen) atoms. The maximum atomic E-state index is 13.5. The van der Waals surface area contributed by atoms with E-state index in [0.717, 1.165) is 18.2 Å². The molecule has 2 rings (SSSR count). The van der Waals surface area contributed by atoms with Gasteiger partial charge in [0.25, 0.3) is 11.6 Å². The summed E-state index contributed by atoms with van der Waals surface area (Å²) in [7, 11) is 1.64. The number of hydrogen-bond acceptors (Lipinski definition) is 6. The van der Waals surface area contributed by atoms with Crippen LogP contribution in [0.15, 0.2) is 30.6 Å². The number of halogens is 1. The standard InChI is InChI=1S/C12H10FN5O3/c1-14-11-6-15-10(5-16-11)12(19)17-9-4-7(18(20)21)2-3-8(9)13/h2-6H,1H3,(H,14,16)(H,17,19). The number of nitro groups is 1. The van der Waals surface area contributed by atoms with E-state index in [0.29, 0.717) is 5.82 Å². The Bertz CT molecular complexity index is 690.